The Morgan fingerprint density at radius 3 is 2.63 bits per heavy atom. The van der Waals surface area contributed by atoms with Crippen molar-refractivity contribution in [3.8, 4) is 17.0 Å². The number of carbonyl (C=O) groups is 1. The van der Waals surface area contributed by atoms with Gasteiger partial charge in [-0.15, -0.1) is 0 Å². The molecule has 206 valence electrons. The third-order valence-electron chi connectivity index (χ3n) is 5.14. The normalized spacial score (nSPS) is 25.2. The minimum absolute atomic E-state index is 0.109. The standard InChI is InChI=1S/C22H27ClN5O9P/c1-13(2)34-18(30)14(3)36-38(32,37-15-7-5-4-6-8-15)33-11-16-17(29)22(25,9-10-23)19(35-16)28-12-26-20(24)27-21(28)31/h4-8,12-14,16-17,19,29H,11,25H2,1-3H3,(H2,24,27,31)/t14-,16+,17-,19+,22+,38?/m0/s1. The summed E-state index contributed by atoms with van der Waals surface area (Å²) in [5.41, 5.74) is 8.89. The van der Waals surface area contributed by atoms with Crippen molar-refractivity contribution in [3.05, 3.63) is 47.1 Å². The Kier molecular flexibility index (Phi) is 9.50. The van der Waals surface area contributed by atoms with E-state index in [9.17, 15) is 19.3 Å². The molecule has 1 aromatic carbocycles. The second kappa shape index (κ2) is 12.2. The summed E-state index contributed by atoms with van der Waals surface area (Å²) in [6.45, 7) is 3.94. The molecule has 3 rings (SSSR count). The van der Waals surface area contributed by atoms with E-state index in [0.717, 1.165) is 10.9 Å². The van der Waals surface area contributed by atoms with Crippen LogP contribution in [0.4, 0.5) is 5.95 Å². The maximum Gasteiger partial charge on any atom is 0.530 e. The highest BCUT2D eigenvalue weighted by molar-refractivity contribution is 7.49. The Balaban J connectivity index is 1.86. The van der Waals surface area contributed by atoms with E-state index in [2.05, 4.69) is 21.3 Å². The highest BCUT2D eigenvalue weighted by Crippen LogP contribution is 2.51. The van der Waals surface area contributed by atoms with Crippen molar-refractivity contribution in [2.75, 3.05) is 12.3 Å². The van der Waals surface area contributed by atoms with E-state index in [0.29, 0.717) is 0 Å². The van der Waals surface area contributed by atoms with E-state index in [1.807, 2.05) is 0 Å². The smallest absolute Gasteiger partial charge is 0.461 e. The van der Waals surface area contributed by atoms with Crippen molar-refractivity contribution < 1.29 is 37.5 Å². The molecule has 0 aliphatic carbocycles. The van der Waals surface area contributed by atoms with E-state index >= 15 is 0 Å². The number of hydrogen-bond donors (Lipinski definition) is 3. The molecule has 38 heavy (non-hydrogen) atoms. The summed E-state index contributed by atoms with van der Waals surface area (Å²) >= 11 is 5.56. The van der Waals surface area contributed by atoms with Crippen LogP contribution in [0.15, 0.2) is 41.5 Å². The number of halogens is 1. The zero-order chi connectivity index (χ0) is 28.1. The molecule has 2 aromatic rings. The molecule has 1 aliphatic heterocycles. The van der Waals surface area contributed by atoms with Crippen LogP contribution in [0, 0.1) is 11.3 Å². The van der Waals surface area contributed by atoms with Gasteiger partial charge in [0, 0.05) is 5.38 Å². The van der Waals surface area contributed by atoms with Crippen LogP contribution in [-0.4, -0.2) is 62.2 Å². The Labute approximate surface area is 222 Å². The molecule has 6 atom stereocenters. The van der Waals surface area contributed by atoms with Gasteiger partial charge in [-0.1, -0.05) is 24.1 Å². The molecule has 0 radical (unpaired) electrons. The second-order valence-electron chi connectivity index (χ2n) is 8.41. The van der Waals surface area contributed by atoms with E-state index in [-0.39, 0.29) is 11.7 Å². The van der Waals surface area contributed by atoms with Crippen molar-refractivity contribution in [2.24, 2.45) is 5.73 Å². The van der Waals surface area contributed by atoms with Crippen molar-refractivity contribution >= 4 is 31.3 Å². The number of benzene rings is 1. The summed E-state index contributed by atoms with van der Waals surface area (Å²) in [5, 5.41) is 13.0. The van der Waals surface area contributed by atoms with Gasteiger partial charge in [-0.2, -0.15) is 4.98 Å². The number of phosphoric ester groups is 1. The van der Waals surface area contributed by atoms with Crippen LogP contribution in [0.2, 0.25) is 0 Å². The Morgan fingerprint density at radius 1 is 1.34 bits per heavy atom. The molecule has 5 N–H and O–H groups in total. The van der Waals surface area contributed by atoms with Gasteiger partial charge in [-0.05, 0) is 44.5 Å². The first-order valence-corrected chi connectivity index (χ1v) is 13.1. The number of aromatic nitrogens is 3. The topological polar surface area (TPSA) is 200 Å². The number of rotatable bonds is 10. The average molecular weight is 572 g/mol. The fourth-order valence-corrected chi connectivity index (χ4v) is 4.89. The van der Waals surface area contributed by atoms with E-state index in [1.54, 1.807) is 32.0 Å². The molecule has 16 heteroatoms. The van der Waals surface area contributed by atoms with Gasteiger partial charge < -0.3 is 30.6 Å². The predicted octanol–water partition coefficient (Wildman–Crippen LogP) is 0.936. The Bertz CT molecular complexity index is 1300. The van der Waals surface area contributed by atoms with Crippen molar-refractivity contribution in [1.29, 1.82) is 0 Å². The molecule has 1 unspecified atom stereocenters. The lowest BCUT2D eigenvalue weighted by molar-refractivity contribution is -0.156. The average Bonchev–Trinajstić information content (AvgIpc) is 3.08. The molecule has 1 aromatic heterocycles. The number of esters is 1. The lowest BCUT2D eigenvalue weighted by Gasteiger charge is -2.27. The lowest BCUT2D eigenvalue weighted by Crippen LogP contribution is -2.55. The van der Waals surface area contributed by atoms with Gasteiger partial charge in [0.25, 0.3) is 0 Å². The number of para-hydroxylation sites is 1. The summed E-state index contributed by atoms with van der Waals surface area (Å²) in [6, 6.07) is 7.91. The summed E-state index contributed by atoms with van der Waals surface area (Å²) < 4.78 is 41.6. The molecular formula is C22H27ClN5O9P. The van der Waals surface area contributed by atoms with Gasteiger partial charge in [0.2, 0.25) is 5.95 Å². The zero-order valence-corrected chi connectivity index (χ0v) is 22.2. The highest BCUT2D eigenvalue weighted by atomic mass is 35.5. The number of ether oxygens (including phenoxy) is 2. The van der Waals surface area contributed by atoms with Crippen LogP contribution in [0.1, 0.15) is 27.0 Å². The minimum atomic E-state index is -4.54. The van der Waals surface area contributed by atoms with Gasteiger partial charge in [0.05, 0.1) is 12.7 Å². The molecule has 0 saturated carbocycles. The van der Waals surface area contributed by atoms with Crippen LogP contribution in [0.3, 0.4) is 0 Å². The van der Waals surface area contributed by atoms with Crippen LogP contribution < -0.4 is 21.7 Å². The van der Waals surface area contributed by atoms with Gasteiger partial charge in [0.15, 0.2) is 17.9 Å². The largest absolute Gasteiger partial charge is 0.530 e. The molecule has 2 heterocycles. The summed E-state index contributed by atoms with van der Waals surface area (Å²) in [4.78, 5) is 31.9. The van der Waals surface area contributed by atoms with Crippen molar-refractivity contribution in [3.63, 3.8) is 0 Å². The Hall–Kier alpha value is -3.02. The third-order valence-corrected chi connectivity index (χ3v) is 6.71. The molecule has 1 aliphatic rings. The van der Waals surface area contributed by atoms with Gasteiger partial charge in [0.1, 0.15) is 24.3 Å². The lowest BCUT2D eigenvalue weighted by atomic mass is 9.92. The van der Waals surface area contributed by atoms with Crippen LogP contribution in [0.5, 0.6) is 5.75 Å². The second-order valence-corrected chi connectivity index (χ2v) is 10.1. The van der Waals surface area contributed by atoms with Crippen LogP contribution in [0.25, 0.3) is 0 Å². The van der Waals surface area contributed by atoms with Gasteiger partial charge in [-0.3, -0.25) is 13.6 Å². The van der Waals surface area contributed by atoms with Crippen molar-refractivity contribution in [1.82, 2.24) is 14.5 Å². The number of carbonyl (C=O) groups excluding carboxylic acids is 1. The first-order chi connectivity index (χ1) is 17.9. The first-order valence-electron chi connectivity index (χ1n) is 11.2. The quantitative estimate of drug-likeness (QED) is 0.207. The number of anilines is 1. The minimum Gasteiger partial charge on any atom is -0.461 e. The molecule has 1 saturated heterocycles. The summed E-state index contributed by atoms with van der Waals surface area (Å²) in [6.07, 6.45) is -5.20. The molecule has 1 fully saturated rings. The van der Waals surface area contributed by atoms with E-state index < -0.39 is 62.3 Å². The molecule has 14 nitrogen and oxygen atoms in total. The van der Waals surface area contributed by atoms with Gasteiger partial charge >= 0.3 is 19.5 Å². The fourth-order valence-electron chi connectivity index (χ4n) is 3.38. The number of aliphatic hydroxyl groups is 1. The van der Waals surface area contributed by atoms with E-state index in [4.69, 9.17) is 46.1 Å². The van der Waals surface area contributed by atoms with Crippen LogP contribution >= 0.6 is 19.4 Å². The van der Waals surface area contributed by atoms with Crippen molar-refractivity contribution in [2.45, 2.75) is 57.0 Å². The summed E-state index contributed by atoms with van der Waals surface area (Å²) in [7, 11) is -4.54. The fraction of sp³-hybridized carbons (Fsp3) is 0.455. The number of aliphatic hydroxyl groups excluding tert-OH is 1. The number of hydrogen-bond acceptors (Lipinski definition) is 13. The number of phosphoric acid groups is 1. The maximum atomic E-state index is 13.6. The first kappa shape index (κ1) is 29.5. The number of nitrogens with two attached hydrogens (primary N) is 2. The predicted molar refractivity (Wildman–Crippen MR) is 134 cm³/mol. The molecule has 0 spiro atoms. The van der Waals surface area contributed by atoms with Gasteiger partial charge in [-0.25, -0.2) is 19.1 Å². The third kappa shape index (κ3) is 6.89. The number of nitrogen functional groups attached to an aromatic ring is 1. The van der Waals surface area contributed by atoms with E-state index in [1.165, 1.54) is 19.1 Å². The molecule has 0 bridgehead atoms. The monoisotopic (exact) mass is 571 g/mol. The summed E-state index contributed by atoms with van der Waals surface area (Å²) in [5.74, 6) is 1.42. The maximum absolute atomic E-state index is 13.6. The Morgan fingerprint density at radius 2 is 2.03 bits per heavy atom. The number of nitrogens with zero attached hydrogens (tertiary/aromatic N) is 3. The zero-order valence-electron chi connectivity index (χ0n) is 20.6. The molecule has 0 amide bonds. The van der Waals surface area contributed by atoms with Crippen LogP contribution in [-0.2, 0) is 27.9 Å². The highest BCUT2D eigenvalue weighted by Gasteiger charge is 2.55. The SMILES string of the molecule is CC(C)OC(=O)[C@H](C)OP(=O)(OC[C@H]1O[C@@H](n2cnc(N)nc2=O)[C@@](N)(C#CCl)[C@H]1O)Oc1ccccc1. The molecular weight excluding hydrogens is 545 g/mol.